The van der Waals surface area contributed by atoms with Gasteiger partial charge in [0.15, 0.2) is 6.33 Å². The molecule has 8 heteroatoms. The summed E-state index contributed by atoms with van der Waals surface area (Å²) in [5.74, 6) is 1.46. The van der Waals surface area contributed by atoms with Crippen molar-refractivity contribution in [2.24, 2.45) is 14.1 Å². The van der Waals surface area contributed by atoms with Crippen molar-refractivity contribution in [2.45, 2.75) is 5.88 Å². The molecule has 2 heterocycles. The fourth-order valence-corrected chi connectivity index (χ4v) is 2.39. The number of imidazole rings is 1. The molecule has 0 saturated carbocycles. The molecule has 0 radical (unpaired) electrons. The van der Waals surface area contributed by atoms with Crippen LogP contribution in [-0.4, -0.2) is 31.6 Å². The molecule has 0 atom stereocenters. The van der Waals surface area contributed by atoms with Crippen LogP contribution in [0.25, 0.3) is 11.2 Å². The second kappa shape index (κ2) is 4.99. The lowest BCUT2D eigenvalue weighted by atomic mass is 10.5. The van der Waals surface area contributed by atoms with E-state index in [1.165, 1.54) is 4.57 Å². The molecule has 0 aliphatic carbocycles. The zero-order chi connectivity index (χ0) is 13.3. The van der Waals surface area contributed by atoms with Crippen LogP contribution in [0.2, 0.25) is 0 Å². The summed E-state index contributed by atoms with van der Waals surface area (Å²) in [4.78, 5) is 16.3. The van der Waals surface area contributed by atoms with E-state index in [0.717, 1.165) is 0 Å². The molecule has 0 spiro atoms. The van der Waals surface area contributed by atoms with Gasteiger partial charge in [-0.25, -0.2) is 4.57 Å². The van der Waals surface area contributed by atoms with Gasteiger partial charge in [0, 0.05) is 12.8 Å². The summed E-state index contributed by atoms with van der Waals surface area (Å²) < 4.78 is 4.92. The highest BCUT2D eigenvalue weighted by molar-refractivity contribution is 7.98. The molecule has 98 valence electrons. The maximum atomic E-state index is 12.1. The second-order valence-corrected chi connectivity index (χ2v) is 5.04. The maximum Gasteiger partial charge on any atom is 0.312 e. The summed E-state index contributed by atoms with van der Waals surface area (Å²) >= 11 is 1.56. The molecule has 0 unspecified atom stereocenters. The fourth-order valence-electron chi connectivity index (χ4n) is 1.75. The first-order valence-corrected chi connectivity index (χ1v) is 6.61. The number of nitrogens with two attached hydrogens (primary N) is 1. The summed E-state index contributed by atoms with van der Waals surface area (Å²) in [6.07, 6.45) is 1.81. The molecular weight excluding hydrogens is 254 g/mol. The minimum absolute atomic E-state index is 0.132. The van der Waals surface area contributed by atoms with Gasteiger partial charge in [0.25, 0.3) is 5.95 Å². The first kappa shape index (κ1) is 12.9. The van der Waals surface area contributed by atoms with Crippen molar-refractivity contribution in [3.8, 4) is 0 Å². The standard InChI is InChI=1S/C10H15N5O2S/c1-13-5-15(6-18-4-3-16)8-7(13)9(17)14(2)10(11)12-8/h5,16H,3-4,6H2,1-2H3,(H-,11,12,17)/p+1. The topological polar surface area (TPSA) is 90.0 Å². The minimum atomic E-state index is -0.161. The Morgan fingerprint density at radius 2 is 2.28 bits per heavy atom. The van der Waals surface area contributed by atoms with Gasteiger partial charge in [0.05, 0.1) is 13.7 Å². The first-order valence-electron chi connectivity index (χ1n) is 5.46. The average molecular weight is 270 g/mol. The molecule has 2 rings (SSSR count). The van der Waals surface area contributed by atoms with Crippen molar-refractivity contribution in [1.29, 1.82) is 0 Å². The second-order valence-electron chi connectivity index (χ2n) is 3.96. The third-order valence-corrected chi connectivity index (χ3v) is 3.62. The van der Waals surface area contributed by atoms with Gasteiger partial charge < -0.3 is 10.8 Å². The average Bonchev–Trinajstić information content (AvgIpc) is 2.63. The molecule has 0 bridgehead atoms. The predicted molar refractivity (Wildman–Crippen MR) is 70.1 cm³/mol. The largest absolute Gasteiger partial charge is 0.396 e. The number of anilines is 1. The van der Waals surface area contributed by atoms with Crippen LogP contribution >= 0.6 is 11.8 Å². The Kier molecular flexibility index (Phi) is 3.58. The summed E-state index contributed by atoms with van der Waals surface area (Å²) in [6, 6.07) is 0. The van der Waals surface area contributed by atoms with Gasteiger partial charge >= 0.3 is 11.2 Å². The molecule has 7 nitrogen and oxygen atoms in total. The smallest absolute Gasteiger partial charge is 0.312 e. The molecule has 0 saturated heterocycles. The lowest BCUT2D eigenvalue weighted by Gasteiger charge is -1.99. The summed E-state index contributed by atoms with van der Waals surface area (Å²) in [6.45, 7) is 0.132. The van der Waals surface area contributed by atoms with Crippen LogP contribution in [0.4, 0.5) is 5.95 Å². The Morgan fingerprint density at radius 1 is 1.56 bits per heavy atom. The Balaban J connectivity index is 2.54. The van der Waals surface area contributed by atoms with Crippen molar-refractivity contribution in [1.82, 2.24) is 14.1 Å². The maximum absolute atomic E-state index is 12.1. The van der Waals surface area contributed by atoms with E-state index < -0.39 is 0 Å². The number of thioether (sulfide) groups is 1. The molecular formula is C10H16N5O2S+. The van der Waals surface area contributed by atoms with E-state index in [1.54, 1.807) is 30.4 Å². The van der Waals surface area contributed by atoms with Crippen LogP contribution in [0.1, 0.15) is 0 Å². The van der Waals surface area contributed by atoms with Gasteiger partial charge in [0.1, 0.15) is 5.88 Å². The lowest BCUT2D eigenvalue weighted by molar-refractivity contribution is -0.652. The summed E-state index contributed by atoms with van der Waals surface area (Å²) in [5.41, 5.74) is 6.64. The molecule has 0 aromatic carbocycles. The van der Waals surface area contributed by atoms with E-state index in [-0.39, 0.29) is 18.1 Å². The predicted octanol–water partition coefficient (Wildman–Crippen LogP) is -1.18. The third kappa shape index (κ3) is 2.08. The molecule has 2 aromatic rings. The van der Waals surface area contributed by atoms with Crippen molar-refractivity contribution in [3.05, 3.63) is 16.7 Å². The number of aromatic nitrogens is 4. The van der Waals surface area contributed by atoms with Gasteiger partial charge in [-0.2, -0.15) is 0 Å². The monoisotopic (exact) mass is 270 g/mol. The van der Waals surface area contributed by atoms with Crippen LogP contribution < -0.4 is 15.9 Å². The number of aryl methyl sites for hydroxylation is 1. The number of aliphatic hydroxyl groups excluding tert-OH is 1. The van der Waals surface area contributed by atoms with Gasteiger partial charge in [-0.05, 0) is 0 Å². The Bertz CT molecular complexity index is 633. The zero-order valence-electron chi connectivity index (χ0n) is 10.3. The van der Waals surface area contributed by atoms with E-state index in [2.05, 4.69) is 4.98 Å². The summed E-state index contributed by atoms with van der Waals surface area (Å²) in [7, 11) is 3.40. The van der Waals surface area contributed by atoms with Crippen molar-refractivity contribution < 1.29 is 9.67 Å². The number of nitrogens with zero attached hydrogens (tertiary/aromatic N) is 4. The fraction of sp³-hybridized carbons (Fsp3) is 0.500. The van der Waals surface area contributed by atoms with E-state index in [9.17, 15) is 4.79 Å². The number of nitrogen functional groups attached to an aromatic ring is 1. The molecule has 3 N–H and O–H groups in total. The minimum Gasteiger partial charge on any atom is -0.396 e. The lowest BCUT2D eigenvalue weighted by Crippen LogP contribution is -2.33. The van der Waals surface area contributed by atoms with Gasteiger partial charge in [-0.3, -0.25) is 13.9 Å². The van der Waals surface area contributed by atoms with E-state index in [0.29, 0.717) is 22.8 Å². The highest BCUT2D eigenvalue weighted by Crippen LogP contribution is 2.07. The highest BCUT2D eigenvalue weighted by atomic mass is 32.2. The van der Waals surface area contributed by atoms with Crippen LogP contribution in [0.5, 0.6) is 0 Å². The third-order valence-electron chi connectivity index (χ3n) is 2.69. The number of hydrogen-bond acceptors (Lipinski definition) is 5. The van der Waals surface area contributed by atoms with Crippen LogP contribution in [0, 0.1) is 0 Å². The molecule has 0 aliphatic heterocycles. The quantitative estimate of drug-likeness (QED) is 0.539. The van der Waals surface area contributed by atoms with E-state index in [4.69, 9.17) is 10.8 Å². The Morgan fingerprint density at radius 3 is 2.94 bits per heavy atom. The highest BCUT2D eigenvalue weighted by Gasteiger charge is 2.21. The molecule has 18 heavy (non-hydrogen) atoms. The number of hydrogen-bond donors (Lipinski definition) is 2. The van der Waals surface area contributed by atoms with Crippen LogP contribution in [0.3, 0.4) is 0 Å². The Labute approximate surface area is 108 Å². The number of fused-ring (bicyclic) bond motifs is 1. The summed E-state index contributed by atoms with van der Waals surface area (Å²) in [5, 5.41) is 8.76. The van der Waals surface area contributed by atoms with Gasteiger partial charge in [-0.15, -0.1) is 11.8 Å². The SMILES string of the molecule is Cn1c(N)nc2c(c1=O)n(C)c[n+]2CSCCO. The van der Waals surface area contributed by atoms with Gasteiger partial charge in [-0.1, -0.05) is 4.98 Å². The van der Waals surface area contributed by atoms with Crippen LogP contribution in [0.15, 0.2) is 11.1 Å². The van der Waals surface area contributed by atoms with E-state index >= 15 is 0 Å². The number of aliphatic hydroxyl groups is 1. The molecule has 0 fully saturated rings. The Hall–Kier alpha value is -1.54. The van der Waals surface area contributed by atoms with Crippen LogP contribution in [-0.2, 0) is 20.0 Å². The molecule has 0 amide bonds. The van der Waals surface area contributed by atoms with Crippen molar-refractivity contribution in [3.63, 3.8) is 0 Å². The first-order chi connectivity index (χ1) is 8.56. The van der Waals surface area contributed by atoms with E-state index in [1.807, 2.05) is 10.9 Å². The van der Waals surface area contributed by atoms with Crippen molar-refractivity contribution in [2.75, 3.05) is 18.1 Å². The zero-order valence-corrected chi connectivity index (χ0v) is 11.1. The van der Waals surface area contributed by atoms with Crippen molar-refractivity contribution >= 4 is 28.9 Å². The normalized spacial score (nSPS) is 11.3. The number of rotatable bonds is 4. The molecule has 2 aromatic heterocycles. The van der Waals surface area contributed by atoms with Gasteiger partial charge in [0.2, 0.25) is 5.52 Å². The molecule has 0 aliphatic rings.